The van der Waals surface area contributed by atoms with Gasteiger partial charge in [-0.1, -0.05) is 18.2 Å². The lowest BCUT2D eigenvalue weighted by Crippen LogP contribution is -2.28. The van der Waals surface area contributed by atoms with E-state index in [0.717, 1.165) is 5.75 Å². The van der Waals surface area contributed by atoms with E-state index in [-0.39, 0.29) is 17.0 Å². The summed E-state index contributed by atoms with van der Waals surface area (Å²) < 4.78 is 7.54. The first-order chi connectivity index (χ1) is 16.9. The smallest absolute Gasteiger partial charge is 0.269 e. The molecule has 1 aliphatic rings. The van der Waals surface area contributed by atoms with Crippen LogP contribution in [0, 0.1) is 10.1 Å². The third-order valence-electron chi connectivity index (χ3n) is 5.66. The lowest BCUT2D eigenvalue weighted by atomic mass is 9.89. The Morgan fingerprint density at radius 3 is 2.57 bits per heavy atom. The minimum absolute atomic E-state index is 0.0391. The molecule has 0 bridgehead atoms. The maximum Gasteiger partial charge on any atom is 0.269 e. The van der Waals surface area contributed by atoms with E-state index >= 15 is 0 Å². The normalized spacial score (nSPS) is 18.6. The van der Waals surface area contributed by atoms with Gasteiger partial charge in [0.1, 0.15) is 11.4 Å². The highest BCUT2D eigenvalue weighted by Crippen LogP contribution is 2.42. The Bertz CT molecular complexity index is 1270. The molecular weight excluding hydrogens is 466 g/mol. The van der Waals surface area contributed by atoms with E-state index in [2.05, 4.69) is 4.98 Å². The minimum Gasteiger partial charge on any atom is -0.494 e. The highest BCUT2D eigenvalue weighted by molar-refractivity contribution is 8.03. The molecule has 0 amide bonds. The summed E-state index contributed by atoms with van der Waals surface area (Å²) in [6, 6.07) is 15.4. The van der Waals surface area contributed by atoms with E-state index in [4.69, 9.17) is 4.74 Å². The lowest BCUT2D eigenvalue weighted by molar-refractivity contribution is -0.384. The summed E-state index contributed by atoms with van der Waals surface area (Å²) in [6.45, 7) is 0.494. The van der Waals surface area contributed by atoms with Crippen LogP contribution in [-0.4, -0.2) is 37.6 Å². The van der Waals surface area contributed by atoms with Gasteiger partial charge in [-0.2, -0.15) is 0 Å². The van der Waals surface area contributed by atoms with Gasteiger partial charge in [-0.05, 0) is 73.0 Å². The van der Waals surface area contributed by atoms with Gasteiger partial charge >= 0.3 is 0 Å². The van der Waals surface area contributed by atoms with Crippen molar-refractivity contribution in [1.82, 2.24) is 9.55 Å². The van der Waals surface area contributed by atoms with E-state index in [1.165, 1.54) is 23.9 Å². The van der Waals surface area contributed by atoms with Crippen molar-refractivity contribution in [2.24, 2.45) is 7.05 Å². The molecule has 4 rings (SSSR count). The number of nitro benzene ring substituents is 1. The molecule has 35 heavy (non-hydrogen) atoms. The van der Waals surface area contributed by atoms with Gasteiger partial charge < -0.3 is 14.4 Å². The molecule has 0 fully saturated rings. The molecule has 9 heteroatoms. The molecule has 180 valence electrons. The van der Waals surface area contributed by atoms with Crippen LogP contribution in [0.15, 0.2) is 88.7 Å². The first-order valence-electron chi connectivity index (χ1n) is 11.2. The Balaban J connectivity index is 1.51. The molecule has 1 heterocycles. The predicted octanol–water partition coefficient (Wildman–Crippen LogP) is 4.95. The van der Waals surface area contributed by atoms with Gasteiger partial charge in [-0.3, -0.25) is 14.9 Å². The molecule has 1 atom stereocenters. The molecule has 0 spiro atoms. The van der Waals surface area contributed by atoms with Crippen molar-refractivity contribution in [2.45, 2.75) is 30.0 Å². The molecule has 2 aromatic carbocycles. The molecule has 1 aromatic heterocycles. The number of carbonyl (C=O) groups excluding carboxylic acids is 1. The highest BCUT2D eigenvalue weighted by Gasteiger charge is 2.42. The van der Waals surface area contributed by atoms with E-state index in [1.54, 1.807) is 41.2 Å². The Kier molecular flexibility index (Phi) is 7.48. The van der Waals surface area contributed by atoms with Gasteiger partial charge in [0.15, 0.2) is 10.9 Å². The topological polar surface area (TPSA) is 107 Å². The second-order valence-electron chi connectivity index (χ2n) is 8.21. The number of aromatic nitrogens is 2. The first-order valence-corrected chi connectivity index (χ1v) is 12.0. The number of hydrogen-bond donors (Lipinski definition) is 1. The van der Waals surface area contributed by atoms with Crippen molar-refractivity contribution < 1.29 is 19.6 Å². The summed E-state index contributed by atoms with van der Waals surface area (Å²) >= 11 is 1.21. The number of nitrogens with zero attached hydrogens (tertiary/aromatic N) is 3. The number of imidazole rings is 1. The number of hydrogen-bond acceptors (Lipinski definition) is 7. The summed E-state index contributed by atoms with van der Waals surface area (Å²) in [5, 5.41) is 23.2. The monoisotopic (exact) mass is 491 g/mol. The number of allylic oxidation sites excluding steroid dienone is 1. The van der Waals surface area contributed by atoms with Crippen LogP contribution in [-0.2, 0) is 11.8 Å². The number of para-hydroxylation sites is 1. The second kappa shape index (κ2) is 10.7. The Morgan fingerprint density at radius 1 is 1.17 bits per heavy atom. The average molecular weight is 492 g/mol. The van der Waals surface area contributed by atoms with Gasteiger partial charge in [0, 0.05) is 37.1 Å². The number of non-ortho nitro benzene ring substituents is 1. The Labute approximate surface area is 207 Å². The maximum absolute atomic E-state index is 13.3. The van der Waals surface area contributed by atoms with Crippen LogP contribution in [0.5, 0.6) is 5.75 Å². The van der Waals surface area contributed by atoms with Crippen LogP contribution >= 0.6 is 11.8 Å². The molecule has 0 saturated carbocycles. The summed E-state index contributed by atoms with van der Waals surface area (Å²) in [7, 11) is 1.84. The van der Waals surface area contributed by atoms with E-state index in [1.807, 2.05) is 37.4 Å². The van der Waals surface area contributed by atoms with Crippen molar-refractivity contribution >= 4 is 29.3 Å². The molecule has 0 radical (unpaired) electrons. The SMILES string of the molecule is Cn1ccnc1SC1=CC(O)(CCCCOc2ccccc2)/C(=C\c2ccc([N+](=O)[O-])cc2)C1=O. The van der Waals surface area contributed by atoms with Gasteiger partial charge in [-0.25, -0.2) is 4.98 Å². The number of ketones is 1. The Morgan fingerprint density at radius 2 is 1.91 bits per heavy atom. The number of Topliss-reactive ketones (excluding diaryl/α,β-unsaturated/α-hetero) is 1. The van der Waals surface area contributed by atoms with Crippen molar-refractivity contribution in [3.63, 3.8) is 0 Å². The number of nitro groups is 1. The van der Waals surface area contributed by atoms with Crippen molar-refractivity contribution in [1.29, 1.82) is 0 Å². The first kappa shape index (κ1) is 24.4. The minimum atomic E-state index is -1.46. The number of aliphatic hydroxyl groups is 1. The summed E-state index contributed by atoms with van der Waals surface area (Å²) in [5.41, 5.74) is -0.657. The number of benzene rings is 2. The fourth-order valence-electron chi connectivity index (χ4n) is 3.77. The number of thioether (sulfide) groups is 1. The number of rotatable bonds is 10. The van der Waals surface area contributed by atoms with Gasteiger partial charge in [-0.15, -0.1) is 0 Å². The quantitative estimate of drug-likeness (QED) is 0.185. The summed E-state index contributed by atoms with van der Waals surface area (Å²) in [6.07, 6.45) is 8.31. The van der Waals surface area contributed by atoms with E-state index in [9.17, 15) is 20.0 Å². The molecular formula is C26H25N3O5S. The van der Waals surface area contributed by atoms with Crippen molar-refractivity contribution in [3.05, 3.63) is 99.2 Å². The average Bonchev–Trinajstić information content (AvgIpc) is 3.35. The molecule has 0 aliphatic heterocycles. The highest BCUT2D eigenvalue weighted by atomic mass is 32.2. The van der Waals surface area contributed by atoms with E-state index < -0.39 is 10.5 Å². The van der Waals surface area contributed by atoms with Crippen LogP contribution in [0.1, 0.15) is 24.8 Å². The van der Waals surface area contributed by atoms with Crippen molar-refractivity contribution in [2.75, 3.05) is 6.61 Å². The van der Waals surface area contributed by atoms with Crippen molar-refractivity contribution in [3.8, 4) is 5.75 Å². The number of ether oxygens (including phenoxy) is 1. The zero-order chi connectivity index (χ0) is 24.8. The van der Waals surface area contributed by atoms with Crippen LogP contribution in [0.3, 0.4) is 0 Å². The predicted molar refractivity (Wildman–Crippen MR) is 134 cm³/mol. The largest absolute Gasteiger partial charge is 0.494 e. The Hall–Kier alpha value is -3.69. The lowest BCUT2D eigenvalue weighted by Gasteiger charge is -2.22. The van der Waals surface area contributed by atoms with Gasteiger partial charge in [0.25, 0.3) is 5.69 Å². The van der Waals surface area contributed by atoms with Crippen LogP contribution < -0.4 is 4.74 Å². The molecule has 1 unspecified atom stereocenters. The number of carbonyl (C=O) groups is 1. The zero-order valence-corrected chi connectivity index (χ0v) is 20.0. The molecule has 3 aromatic rings. The molecule has 1 aliphatic carbocycles. The van der Waals surface area contributed by atoms with Gasteiger partial charge in [0.05, 0.1) is 16.4 Å². The number of aryl methyl sites for hydroxylation is 1. The van der Waals surface area contributed by atoms with E-state index in [0.29, 0.717) is 41.5 Å². The molecule has 8 nitrogen and oxygen atoms in total. The van der Waals surface area contributed by atoms with Crippen LogP contribution in [0.25, 0.3) is 6.08 Å². The molecule has 1 N–H and O–H groups in total. The summed E-state index contributed by atoms with van der Waals surface area (Å²) in [5.74, 6) is 0.508. The van der Waals surface area contributed by atoms with Crippen LogP contribution in [0.4, 0.5) is 5.69 Å². The second-order valence-corrected chi connectivity index (χ2v) is 9.22. The molecule has 0 saturated heterocycles. The van der Waals surface area contributed by atoms with Gasteiger partial charge in [0.2, 0.25) is 0 Å². The van der Waals surface area contributed by atoms with Crippen LogP contribution in [0.2, 0.25) is 0 Å². The third-order valence-corrected chi connectivity index (χ3v) is 6.76. The maximum atomic E-state index is 13.3. The number of unbranched alkanes of at least 4 members (excludes halogenated alkanes) is 1. The standard InChI is InChI=1S/C26H25N3O5S/c1-28-15-14-27-25(28)35-23-18-26(31,13-5-6-16-34-21-7-3-2-4-8-21)22(24(23)30)17-19-9-11-20(12-10-19)29(32)33/h2-4,7-12,14-15,17-18,31H,5-6,13,16H2,1H3/b22-17-. The fraction of sp³-hybridized carbons (Fsp3) is 0.231. The summed E-state index contributed by atoms with van der Waals surface area (Å²) in [4.78, 5) is 28.5. The fourth-order valence-corrected chi connectivity index (χ4v) is 4.75. The third kappa shape index (κ3) is 5.87. The zero-order valence-electron chi connectivity index (χ0n) is 19.2.